The number of unbranched alkanes of at least 4 members (excludes halogenated alkanes) is 1. The molecule has 0 aliphatic rings. The zero-order valence-corrected chi connectivity index (χ0v) is 25.3. The molecular weight excluding hydrogens is 548 g/mol. The van der Waals surface area contributed by atoms with Gasteiger partial charge in [-0.05, 0) is 44.4 Å². The lowest BCUT2D eigenvalue weighted by atomic mass is 10.1. The molecule has 0 unspecified atom stereocenters. The number of benzene rings is 2. The van der Waals surface area contributed by atoms with Crippen LogP contribution in [0.3, 0.4) is 0 Å². The second-order valence-electron chi connectivity index (χ2n) is 8.93. The van der Waals surface area contributed by atoms with Crippen LogP contribution >= 0.6 is 0 Å². The molecule has 0 heterocycles. The van der Waals surface area contributed by atoms with Gasteiger partial charge in [-0.15, -0.1) is 5.92 Å². The first-order valence-electron chi connectivity index (χ1n) is 13.4. The van der Waals surface area contributed by atoms with Crippen LogP contribution in [-0.4, -0.2) is 72.6 Å². The average molecular weight is 588 g/mol. The van der Waals surface area contributed by atoms with Gasteiger partial charge in [0.25, 0.3) is 0 Å². The fourth-order valence-corrected chi connectivity index (χ4v) is 3.98. The minimum absolute atomic E-state index is 0.0742. The van der Waals surface area contributed by atoms with Gasteiger partial charge in [0.2, 0.25) is 0 Å². The van der Waals surface area contributed by atoms with E-state index in [0.29, 0.717) is 72.7 Å². The monoisotopic (exact) mass is 587 g/mol. The Morgan fingerprint density at radius 2 is 1.15 bits per heavy atom. The van der Waals surface area contributed by atoms with Gasteiger partial charge in [-0.2, -0.15) is 0 Å². The van der Waals surface area contributed by atoms with Gasteiger partial charge >= 0.3 is 0 Å². The molecule has 0 aliphatic heterocycles. The van der Waals surface area contributed by atoms with Crippen molar-refractivity contribution in [3.8, 4) is 46.7 Å². The molecule has 2 aromatic carbocycles. The Hall–Kier alpha value is -3.41. The van der Waals surface area contributed by atoms with Crippen molar-refractivity contribution in [3.63, 3.8) is 0 Å². The number of hydrogen-bond acceptors (Lipinski definition) is 9. The number of methoxy groups -OCH3 is 2. The highest BCUT2D eigenvalue weighted by molar-refractivity contribution is 7.85. The van der Waals surface area contributed by atoms with Crippen LogP contribution in [0.1, 0.15) is 55.4 Å². The summed E-state index contributed by atoms with van der Waals surface area (Å²) in [4.78, 5) is 0. The Morgan fingerprint density at radius 3 is 1.66 bits per heavy atom. The standard InChI is InChI=1S/C31H40O9S/c1-6-8-13-38-29-20-24(3)28(37-14-9-19-41(32,33)34)21-26(29)11-12-27-23-30(39-17-15-35-4)25(10-7-2)22-31(27)40-18-16-36-5/h20-23H,6,8-9,13-19H2,1-5H3,(H,32,33,34)/p-1. The summed E-state index contributed by atoms with van der Waals surface area (Å²) in [5, 5.41) is 0. The van der Waals surface area contributed by atoms with Crippen molar-refractivity contribution in [3.05, 3.63) is 46.5 Å². The fraction of sp³-hybridized carbons (Fsp3) is 0.484. The van der Waals surface area contributed by atoms with Crippen LogP contribution in [-0.2, 0) is 19.6 Å². The molecular formula is C31H39O9S-. The maximum absolute atomic E-state index is 10.9. The van der Waals surface area contributed by atoms with E-state index in [1.165, 1.54) is 0 Å². The number of ether oxygens (including phenoxy) is 6. The molecule has 0 atom stereocenters. The van der Waals surface area contributed by atoms with E-state index in [-0.39, 0.29) is 13.0 Å². The molecule has 0 N–H and O–H groups in total. The highest BCUT2D eigenvalue weighted by atomic mass is 32.2. The Morgan fingerprint density at radius 1 is 0.683 bits per heavy atom. The topological polar surface area (TPSA) is 113 Å². The minimum atomic E-state index is -4.30. The Kier molecular flexibility index (Phi) is 14.9. The molecule has 0 aromatic heterocycles. The SMILES string of the molecule is CC#Cc1cc(OCCOC)c(C#Cc2cc(OCCCS(=O)(=O)[O-])c(C)cc2OCCCC)cc1OCCOC. The third-order valence-electron chi connectivity index (χ3n) is 5.59. The second-order valence-corrected chi connectivity index (χ2v) is 10.5. The molecule has 224 valence electrons. The lowest BCUT2D eigenvalue weighted by Gasteiger charge is -2.15. The van der Waals surface area contributed by atoms with Gasteiger partial charge in [0, 0.05) is 32.1 Å². The van der Waals surface area contributed by atoms with Gasteiger partial charge in [0.1, 0.15) is 36.2 Å². The third kappa shape index (κ3) is 12.3. The summed E-state index contributed by atoms with van der Waals surface area (Å²) in [6.07, 6.45) is 1.94. The predicted molar refractivity (Wildman–Crippen MR) is 156 cm³/mol. The van der Waals surface area contributed by atoms with Crippen LogP contribution < -0.4 is 18.9 Å². The highest BCUT2D eigenvalue weighted by Crippen LogP contribution is 2.31. The van der Waals surface area contributed by atoms with Crippen LogP contribution in [0, 0.1) is 30.6 Å². The molecule has 0 saturated heterocycles. The maximum atomic E-state index is 10.9. The molecule has 9 nitrogen and oxygen atoms in total. The first kappa shape index (κ1) is 33.8. The first-order valence-corrected chi connectivity index (χ1v) is 15.0. The molecule has 0 saturated carbocycles. The van der Waals surface area contributed by atoms with E-state index in [4.69, 9.17) is 28.4 Å². The molecule has 2 rings (SSSR count). The van der Waals surface area contributed by atoms with Gasteiger partial charge in [0.05, 0.1) is 53.2 Å². The fourth-order valence-electron chi connectivity index (χ4n) is 3.51. The van der Waals surface area contributed by atoms with E-state index in [0.717, 1.165) is 18.4 Å². The zero-order chi connectivity index (χ0) is 30.1. The van der Waals surface area contributed by atoms with Crippen LogP contribution in [0.25, 0.3) is 0 Å². The number of rotatable bonds is 17. The molecule has 0 aliphatic carbocycles. The zero-order valence-electron chi connectivity index (χ0n) is 24.5. The van der Waals surface area contributed by atoms with E-state index in [2.05, 4.69) is 30.6 Å². The minimum Gasteiger partial charge on any atom is -0.748 e. The third-order valence-corrected chi connectivity index (χ3v) is 6.38. The molecule has 0 fully saturated rings. The van der Waals surface area contributed by atoms with E-state index in [9.17, 15) is 13.0 Å². The lowest BCUT2D eigenvalue weighted by Crippen LogP contribution is -2.09. The second kappa shape index (κ2) is 18.1. The van der Waals surface area contributed by atoms with Gasteiger partial charge < -0.3 is 33.0 Å². The Bertz CT molecular complexity index is 1350. The first-order chi connectivity index (χ1) is 19.7. The highest BCUT2D eigenvalue weighted by Gasteiger charge is 2.13. The summed E-state index contributed by atoms with van der Waals surface area (Å²) in [7, 11) is -1.10. The summed E-state index contributed by atoms with van der Waals surface area (Å²) < 4.78 is 66.8. The molecule has 0 bridgehead atoms. The summed E-state index contributed by atoms with van der Waals surface area (Å²) in [5.41, 5.74) is 2.63. The molecule has 41 heavy (non-hydrogen) atoms. The molecule has 0 spiro atoms. The lowest BCUT2D eigenvalue weighted by molar-refractivity contribution is 0.144. The van der Waals surface area contributed by atoms with Crippen LogP contribution in [0.5, 0.6) is 23.0 Å². The number of hydrogen-bond donors (Lipinski definition) is 0. The summed E-state index contributed by atoms with van der Waals surface area (Å²) in [6.45, 7) is 7.77. The van der Waals surface area contributed by atoms with Crippen molar-refractivity contribution in [2.24, 2.45) is 0 Å². The van der Waals surface area contributed by atoms with Crippen LogP contribution in [0.2, 0.25) is 0 Å². The summed E-state index contributed by atoms with van der Waals surface area (Å²) in [5.74, 6) is 14.0. The van der Waals surface area contributed by atoms with Crippen molar-refractivity contribution in [2.45, 2.75) is 40.0 Å². The van der Waals surface area contributed by atoms with Crippen molar-refractivity contribution >= 4 is 10.1 Å². The maximum Gasteiger partial charge on any atom is 0.136 e. The quantitative estimate of drug-likeness (QED) is 0.152. The molecule has 0 radical (unpaired) electrons. The van der Waals surface area contributed by atoms with Crippen molar-refractivity contribution < 1.29 is 41.4 Å². The predicted octanol–water partition coefficient (Wildman–Crippen LogP) is 4.31. The summed E-state index contributed by atoms with van der Waals surface area (Å²) in [6, 6.07) is 7.18. The van der Waals surface area contributed by atoms with Crippen molar-refractivity contribution in [1.82, 2.24) is 0 Å². The molecule has 10 heteroatoms. The van der Waals surface area contributed by atoms with Gasteiger partial charge in [-0.25, -0.2) is 8.42 Å². The van der Waals surface area contributed by atoms with Gasteiger partial charge in [-0.1, -0.05) is 31.1 Å². The number of aryl methyl sites for hydroxylation is 1. The average Bonchev–Trinajstić information content (AvgIpc) is 2.92. The van der Waals surface area contributed by atoms with Gasteiger partial charge in [-0.3, -0.25) is 0 Å². The molecule has 0 amide bonds. The smallest absolute Gasteiger partial charge is 0.136 e. The Balaban J connectivity index is 2.52. The normalized spacial score (nSPS) is 10.7. The Labute approximate surface area is 244 Å². The van der Waals surface area contributed by atoms with Crippen LogP contribution in [0.15, 0.2) is 24.3 Å². The van der Waals surface area contributed by atoms with E-state index in [1.807, 2.05) is 13.0 Å². The van der Waals surface area contributed by atoms with Gasteiger partial charge in [0.15, 0.2) is 0 Å². The van der Waals surface area contributed by atoms with Crippen molar-refractivity contribution in [2.75, 3.05) is 59.6 Å². The van der Waals surface area contributed by atoms with E-state index < -0.39 is 15.9 Å². The largest absolute Gasteiger partial charge is 0.748 e. The van der Waals surface area contributed by atoms with E-state index in [1.54, 1.807) is 39.3 Å². The van der Waals surface area contributed by atoms with Crippen molar-refractivity contribution in [1.29, 1.82) is 0 Å². The summed E-state index contributed by atoms with van der Waals surface area (Å²) >= 11 is 0. The van der Waals surface area contributed by atoms with E-state index >= 15 is 0 Å². The van der Waals surface area contributed by atoms with Crippen LogP contribution in [0.4, 0.5) is 0 Å². The molecule has 2 aromatic rings.